The highest BCUT2D eigenvalue weighted by atomic mass is 35.5. The normalized spacial score (nSPS) is 19.7. The molecule has 3 rings (SSSR count). The van der Waals surface area contributed by atoms with Crippen LogP contribution >= 0.6 is 12.4 Å². The van der Waals surface area contributed by atoms with Gasteiger partial charge in [-0.2, -0.15) is 5.10 Å². The number of nitrogens with zero attached hydrogens (tertiary/aromatic N) is 2. The van der Waals surface area contributed by atoms with E-state index in [1.165, 1.54) is 0 Å². The van der Waals surface area contributed by atoms with Gasteiger partial charge in [0.1, 0.15) is 0 Å². The molecule has 1 amide bonds. The van der Waals surface area contributed by atoms with Crippen molar-refractivity contribution in [2.75, 3.05) is 26.8 Å². The Balaban J connectivity index is 0.00000208. The smallest absolute Gasteiger partial charge is 0.254 e. The second kappa shape index (κ2) is 8.28. The monoisotopic (exact) mass is 350 g/mol. The molecule has 1 unspecified atom stereocenters. The van der Waals surface area contributed by atoms with Gasteiger partial charge in [-0.3, -0.25) is 4.79 Å². The van der Waals surface area contributed by atoms with Crippen LogP contribution in [0.15, 0.2) is 42.7 Å². The number of hydrogen-bond acceptors (Lipinski definition) is 4. The number of nitrogens with one attached hydrogen (secondary N) is 2. The molecule has 1 aromatic heterocycles. The average Bonchev–Trinajstić information content (AvgIpc) is 3.24. The van der Waals surface area contributed by atoms with Crippen molar-refractivity contribution < 1.29 is 9.53 Å². The van der Waals surface area contributed by atoms with Gasteiger partial charge in [0.25, 0.3) is 5.91 Å². The van der Waals surface area contributed by atoms with Crippen molar-refractivity contribution in [2.45, 2.75) is 18.4 Å². The highest BCUT2D eigenvalue weighted by molar-refractivity contribution is 5.93. The van der Waals surface area contributed by atoms with Gasteiger partial charge >= 0.3 is 0 Å². The van der Waals surface area contributed by atoms with Crippen LogP contribution in [0.25, 0.3) is 5.69 Å². The van der Waals surface area contributed by atoms with E-state index in [0.29, 0.717) is 18.7 Å². The van der Waals surface area contributed by atoms with Crippen molar-refractivity contribution >= 4 is 18.3 Å². The van der Waals surface area contributed by atoms with E-state index in [4.69, 9.17) is 4.74 Å². The Bertz CT molecular complexity index is 654. The Morgan fingerprint density at radius 3 is 2.88 bits per heavy atom. The molecule has 0 bridgehead atoms. The zero-order chi connectivity index (χ0) is 16.1. The fourth-order valence-electron chi connectivity index (χ4n) is 2.98. The molecule has 1 fully saturated rings. The van der Waals surface area contributed by atoms with Crippen LogP contribution in [0.1, 0.15) is 23.2 Å². The number of aromatic nitrogens is 2. The standard InChI is InChI=1S/C17H22N4O2.ClH/c1-23-13-17(8-5-9-19-17)12-18-16(22)14-10-20-21(11-14)15-6-3-2-4-7-15;/h2-4,6-7,10-11,19H,5,8-9,12-13H2,1H3,(H,18,22);1H. The summed E-state index contributed by atoms with van der Waals surface area (Å²) in [7, 11) is 1.69. The van der Waals surface area contributed by atoms with Crippen LogP contribution in [-0.2, 0) is 4.74 Å². The first-order valence-corrected chi connectivity index (χ1v) is 7.85. The molecule has 1 aliphatic rings. The first kappa shape index (κ1) is 18.4. The lowest BCUT2D eigenvalue weighted by Gasteiger charge is -2.28. The lowest BCUT2D eigenvalue weighted by molar-refractivity contribution is 0.0892. The number of amides is 1. The largest absolute Gasteiger partial charge is 0.383 e. The van der Waals surface area contributed by atoms with Gasteiger partial charge in [0.15, 0.2) is 0 Å². The van der Waals surface area contributed by atoms with E-state index in [1.54, 1.807) is 24.2 Å². The minimum Gasteiger partial charge on any atom is -0.383 e. The van der Waals surface area contributed by atoms with Gasteiger partial charge in [0, 0.05) is 19.9 Å². The van der Waals surface area contributed by atoms with Crippen molar-refractivity contribution in [2.24, 2.45) is 0 Å². The highest BCUT2D eigenvalue weighted by Gasteiger charge is 2.33. The van der Waals surface area contributed by atoms with Crippen LogP contribution in [0.3, 0.4) is 0 Å². The van der Waals surface area contributed by atoms with Gasteiger partial charge < -0.3 is 15.4 Å². The van der Waals surface area contributed by atoms with Gasteiger partial charge in [-0.05, 0) is 31.5 Å². The third-order valence-corrected chi connectivity index (χ3v) is 4.21. The van der Waals surface area contributed by atoms with Gasteiger partial charge in [0.05, 0.1) is 29.6 Å². The van der Waals surface area contributed by atoms with E-state index in [1.807, 2.05) is 30.3 Å². The molecule has 7 heteroatoms. The predicted octanol–water partition coefficient (Wildman–Crippen LogP) is 1.79. The molecular formula is C17H23ClN4O2. The summed E-state index contributed by atoms with van der Waals surface area (Å²) in [6.45, 7) is 2.11. The number of halogens is 1. The summed E-state index contributed by atoms with van der Waals surface area (Å²) in [5.41, 5.74) is 1.33. The number of methoxy groups -OCH3 is 1. The third-order valence-electron chi connectivity index (χ3n) is 4.21. The SMILES string of the molecule is COCC1(CNC(=O)c2cnn(-c3ccccc3)c2)CCCN1.Cl. The summed E-state index contributed by atoms with van der Waals surface area (Å²) in [6.07, 6.45) is 5.44. The maximum absolute atomic E-state index is 12.4. The van der Waals surface area contributed by atoms with Gasteiger partial charge in [-0.25, -0.2) is 4.68 Å². The lowest BCUT2D eigenvalue weighted by atomic mass is 9.98. The van der Waals surface area contributed by atoms with E-state index in [9.17, 15) is 4.79 Å². The third kappa shape index (κ3) is 4.14. The molecular weight excluding hydrogens is 328 g/mol. The quantitative estimate of drug-likeness (QED) is 0.833. The average molecular weight is 351 g/mol. The molecule has 1 saturated heterocycles. The fourth-order valence-corrected chi connectivity index (χ4v) is 2.98. The lowest BCUT2D eigenvalue weighted by Crippen LogP contribution is -2.52. The molecule has 2 N–H and O–H groups in total. The van der Waals surface area contributed by atoms with Crippen molar-refractivity contribution in [1.82, 2.24) is 20.4 Å². The second-order valence-corrected chi connectivity index (χ2v) is 5.94. The Labute approximate surface area is 148 Å². The topological polar surface area (TPSA) is 68.2 Å². The molecule has 2 heterocycles. The molecule has 1 aliphatic heterocycles. The van der Waals surface area contributed by atoms with Crippen LogP contribution in [0.2, 0.25) is 0 Å². The number of para-hydroxylation sites is 1. The summed E-state index contributed by atoms with van der Waals surface area (Å²) in [4.78, 5) is 12.4. The number of carbonyl (C=O) groups excluding carboxylic acids is 1. The van der Waals surface area contributed by atoms with Crippen LogP contribution in [0.4, 0.5) is 0 Å². The van der Waals surface area contributed by atoms with E-state index in [0.717, 1.165) is 25.1 Å². The summed E-state index contributed by atoms with van der Waals surface area (Å²) in [6, 6.07) is 9.73. The highest BCUT2D eigenvalue weighted by Crippen LogP contribution is 2.19. The molecule has 6 nitrogen and oxygen atoms in total. The van der Waals surface area contributed by atoms with E-state index >= 15 is 0 Å². The molecule has 24 heavy (non-hydrogen) atoms. The van der Waals surface area contributed by atoms with Crippen molar-refractivity contribution in [1.29, 1.82) is 0 Å². The van der Waals surface area contributed by atoms with Crippen LogP contribution < -0.4 is 10.6 Å². The maximum Gasteiger partial charge on any atom is 0.254 e. The van der Waals surface area contributed by atoms with Crippen LogP contribution in [-0.4, -0.2) is 48.0 Å². The van der Waals surface area contributed by atoms with Crippen molar-refractivity contribution in [3.8, 4) is 5.69 Å². The summed E-state index contributed by atoms with van der Waals surface area (Å²) in [5, 5.41) is 10.7. The number of carbonyl (C=O) groups is 1. The van der Waals surface area contributed by atoms with Crippen molar-refractivity contribution in [3.63, 3.8) is 0 Å². The first-order valence-electron chi connectivity index (χ1n) is 7.85. The maximum atomic E-state index is 12.4. The van der Waals surface area contributed by atoms with Crippen LogP contribution in [0.5, 0.6) is 0 Å². The second-order valence-electron chi connectivity index (χ2n) is 5.94. The Hall–Kier alpha value is -1.89. The van der Waals surface area contributed by atoms with E-state index in [2.05, 4.69) is 15.7 Å². The number of rotatable bonds is 6. The van der Waals surface area contributed by atoms with Gasteiger partial charge in [-0.1, -0.05) is 18.2 Å². The zero-order valence-electron chi connectivity index (χ0n) is 13.7. The Morgan fingerprint density at radius 2 is 2.21 bits per heavy atom. The molecule has 0 spiro atoms. The number of benzene rings is 1. The number of ether oxygens (including phenoxy) is 1. The summed E-state index contributed by atoms with van der Waals surface area (Å²) < 4.78 is 7.00. The minimum absolute atomic E-state index is 0. The molecule has 0 radical (unpaired) electrons. The summed E-state index contributed by atoms with van der Waals surface area (Å²) in [5.74, 6) is -0.114. The van der Waals surface area contributed by atoms with E-state index in [-0.39, 0.29) is 23.9 Å². The Kier molecular flexibility index (Phi) is 6.36. The fraction of sp³-hybridized carbons (Fsp3) is 0.412. The molecule has 2 aromatic rings. The van der Waals surface area contributed by atoms with Gasteiger partial charge in [-0.15, -0.1) is 12.4 Å². The molecule has 0 saturated carbocycles. The zero-order valence-corrected chi connectivity index (χ0v) is 14.5. The molecule has 1 atom stereocenters. The molecule has 0 aliphatic carbocycles. The minimum atomic E-state index is -0.153. The Morgan fingerprint density at radius 1 is 1.42 bits per heavy atom. The molecule has 130 valence electrons. The van der Waals surface area contributed by atoms with Gasteiger partial charge in [0.2, 0.25) is 0 Å². The predicted molar refractivity (Wildman–Crippen MR) is 95.0 cm³/mol. The first-order chi connectivity index (χ1) is 11.2. The van der Waals surface area contributed by atoms with E-state index < -0.39 is 0 Å². The van der Waals surface area contributed by atoms with Crippen molar-refractivity contribution in [3.05, 3.63) is 48.3 Å². The summed E-state index contributed by atoms with van der Waals surface area (Å²) >= 11 is 0. The molecule has 1 aromatic carbocycles. The van der Waals surface area contributed by atoms with Crippen LogP contribution in [0, 0.1) is 0 Å². The number of hydrogen-bond donors (Lipinski definition) is 2.